The molecule has 114 valence electrons. The number of nitrogens with zero attached hydrogens (tertiary/aromatic N) is 2. The SMILES string of the molecule is NC(=O)c1ccc(C2CCN(Cc3ccccc3)CC2)nc1. The van der Waals surface area contributed by atoms with Crippen molar-refractivity contribution in [2.75, 3.05) is 13.1 Å². The molecule has 1 aromatic carbocycles. The third-order valence-electron chi connectivity index (χ3n) is 4.33. The van der Waals surface area contributed by atoms with Crippen molar-refractivity contribution in [2.24, 2.45) is 5.73 Å². The van der Waals surface area contributed by atoms with Crippen LogP contribution in [0.3, 0.4) is 0 Å². The van der Waals surface area contributed by atoms with E-state index in [4.69, 9.17) is 5.73 Å². The standard InChI is InChI=1S/C18H21N3O/c19-18(22)16-6-7-17(20-12-16)15-8-10-21(11-9-15)13-14-4-2-1-3-5-14/h1-7,12,15H,8-11,13H2,(H2,19,22). The zero-order valence-corrected chi connectivity index (χ0v) is 12.6. The quantitative estimate of drug-likeness (QED) is 0.943. The Kier molecular flexibility index (Phi) is 4.49. The van der Waals surface area contributed by atoms with Gasteiger partial charge in [0.15, 0.2) is 0 Å². The highest BCUT2D eigenvalue weighted by Crippen LogP contribution is 2.27. The molecule has 0 unspecified atom stereocenters. The number of aromatic nitrogens is 1. The number of likely N-dealkylation sites (tertiary alicyclic amines) is 1. The number of pyridine rings is 1. The molecule has 0 bridgehead atoms. The maximum absolute atomic E-state index is 11.1. The molecule has 0 spiro atoms. The number of amides is 1. The molecule has 2 N–H and O–H groups in total. The molecule has 1 amide bonds. The number of hydrogen-bond acceptors (Lipinski definition) is 3. The van der Waals surface area contributed by atoms with Gasteiger partial charge in [-0.15, -0.1) is 0 Å². The molecule has 1 aliphatic rings. The summed E-state index contributed by atoms with van der Waals surface area (Å²) in [4.78, 5) is 18.0. The van der Waals surface area contributed by atoms with E-state index < -0.39 is 5.91 Å². The van der Waals surface area contributed by atoms with Crippen LogP contribution in [0.4, 0.5) is 0 Å². The van der Waals surface area contributed by atoms with Gasteiger partial charge in [-0.3, -0.25) is 14.7 Å². The zero-order chi connectivity index (χ0) is 15.4. The van der Waals surface area contributed by atoms with E-state index in [2.05, 4.69) is 40.2 Å². The number of rotatable bonds is 4. The number of primary amides is 1. The number of piperidine rings is 1. The molecule has 4 heteroatoms. The average Bonchev–Trinajstić information content (AvgIpc) is 2.57. The number of carbonyl (C=O) groups is 1. The average molecular weight is 295 g/mol. The molecular weight excluding hydrogens is 274 g/mol. The van der Waals surface area contributed by atoms with Crippen LogP contribution in [0.15, 0.2) is 48.7 Å². The second-order valence-electron chi connectivity index (χ2n) is 5.87. The molecular formula is C18H21N3O. The first-order valence-electron chi connectivity index (χ1n) is 7.74. The molecule has 0 saturated carbocycles. The smallest absolute Gasteiger partial charge is 0.250 e. The Morgan fingerprint density at radius 2 is 1.86 bits per heavy atom. The lowest BCUT2D eigenvalue weighted by Gasteiger charge is -2.31. The summed E-state index contributed by atoms with van der Waals surface area (Å²) in [6.45, 7) is 3.18. The van der Waals surface area contributed by atoms with E-state index in [9.17, 15) is 4.79 Å². The molecule has 1 aromatic heterocycles. The minimum Gasteiger partial charge on any atom is -0.366 e. The fraction of sp³-hybridized carbons (Fsp3) is 0.333. The van der Waals surface area contributed by atoms with Gasteiger partial charge in [0.1, 0.15) is 0 Å². The van der Waals surface area contributed by atoms with Gasteiger partial charge >= 0.3 is 0 Å². The van der Waals surface area contributed by atoms with Crippen molar-refractivity contribution in [1.29, 1.82) is 0 Å². The predicted molar refractivity (Wildman–Crippen MR) is 86.4 cm³/mol. The number of nitrogens with two attached hydrogens (primary N) is 1. The highest BCUT2D eigenvalue weighted by atomic mass is 16.1. The molecule has 0 atom stereocenters. The van der Waals surface area contributed by atoms with Crippen LogP contribution < -0.4 is 5.73 Å². The first-order valence-corrected chi connectivity index (χ1v) is 7.74. The fourth-order valence-electron chi connectivity index (χ4n) is 3.02. The van der Waals surface area contributed by atoms with Gasteiger partial charge < -0.3 is 5.73 Å². The van der Waals surface area contributed by atoms with E-state index in [1.54, 1.807) is 12.3 Å². The van der Waals surface area contributed by atoms with E-state index in [-0.39, 0.29) is 0 Å². The first kappa shape index (κ1) is 14.7. The van der Waals surface area contributed by atoms with Gasteiger partial charge in [0.05, 0.1) is 5.56 Å². The Balaban J connectivity index is 1.56. The van der Waals surface area contributed by atoms with Crippen molar-refractivity contribution in [3.63, 3.8) is 0 Å². The number of benzene rings is 1. The van der Waals surface area contributed by atoms with Crippen molar-refractivity contribution in [2.45, 2.75) is 25.3 Å². The second kappa shape index (κ2) is 6.71. The summed E-state index contributed by atoms with van der Waals surface area (Å²) in [5.74, 6) is 0.0608. The molecule has 0 aliphatic carbocycles. The van der Waals surface area contributed by atoms with E-state index >= 15 is 0 Å². The summed E-state index contributed by atoms with van der Waals surface area (Å²) in [6, 6.07) is 14.3. The van der Waals surface area contributed by atoms with E-state index in [1.165, 1.54) is 5.56 Å². The highest BCUT2D eigenvalue weighted by molar-refractivity contribution is 5.92. The lowest BCUT2D eigenvalue weighted by Crippen LogP contribution is -2.32. The molecule has 2 aromatic rings. The number of hydrogen-bond donors (Lipinski definition) is 1. The Morgan fingerprint density at radius 3 is 2.45 bits per heavy atom. The van der Waals surface area contributed by atoms with E-state index in [0.717, 1.165) is 38.2 Å². The van der Waals surface area contributed by atoms with Gasteiger partial charge in [0.25, 0.3) is 0 Å². The monoisotopic (exact) mass is 295 g/mol. The van der Waals surface area contributed by atoms with Gasteiger partial charge in [0.2, 0.25) is 5.91 Å². The minimum atomic E-state index is -0.420. The summed E-state index contributed by atoms with van der Waals surface area (Å²) in [5, 5.41) is 0. The maximum atomic E-state index is 11.1. The van der Waals surface area contributed by atoms with Crippen LogP contribution in [0.5, 0.6) is 0 Å². The number of carbonyl (C=O) groups excluding carboxylic acids is 1. The molecule has 4 nitrogen and oxygen atoms in total. The lowest BCUT2D eigenvalue weighted by molar-refractivity contribution is 0.1000. The summed E-state index contributed by atoms with van der Waals surface area (Å²) < 4.78 is 0. The molecule has 1 fully saturated rings. The molecule has 3 rings (SSSR count). The van der Waals surface area contributed by atoms with Crippen molar-refractivity contribution in [3.8, 4) is 0 Å². The van der Waals surface area contributed by atoms with Gasteiger partial charge in [-0.05, 0) is 43.6 Å². The molecule has 2 heterocycles. The third-order valence-corrected chi connectivity index (χ3v) is 4.33. The molecule has 0 radical (unpaired) electrons. The van der Waals surface area contributed by atoms with Gasteiger partial charge in [-0.25, -0.2) is 0 Å². The van der Waals surface area contributed by atoms with E-state index in [1.807, 2.05) is 6.07 Å². The lowest BCUT2D eigenvalue weighted by atomic mass is 9.92. The maximum Gasteiger partial charge on any atom is 0.250 e. The Bertz CT molecular complexity index is 617. The Morgan fingerprint density at radius 1 is 1.14 bits per heavy atom. The molecule has 1 aliphatic heterocycles. The van der Waals surface area contributed by atoms with Gasteiger partial charge in [-0.1, -0.05) is 30.3 Å². The Labute approximate surface area is 131 Å². The van der Waals surface area contributed by atoms with Crippen LogP contribution in [-0.2, 0) is 6.54 Å². The summed E-state index contributed by atoms with van der Waals surface area (Å²) in [6.07, 6.45) is 3.81. The van der Waals surface area contributed by atoms with Crippen molar-refractivity contribution < 1.29 is 4.79 Å². The van der Waals surface area contributed by atoms with Gasteiger partial charge in [0, 0.05) is 24.4 Å². The van der Waals surface area contributed by atoms with Crippen molar-refractivity contribution in [1.82, 2.24) is 9.88 Å². The first-order chi connectivity index (χ1) is 10.7. The van der Waals surface area contributed by atoms with Crippen molar-refractivity contribution in [3.05, 3.63) is 65.5 Å². The van der Waals surface area contributed by atoms with E-state index in [0.29, 0.717) is 11.5 Å². The van der Waals surface area contributed by atoms with Crippen LogP contribution in [0, 0.1) is 0 Å². The molecule has 1 saturated heterocycles. The predicted octanol–water partition coefficient (Wildman–Crippen LogP) is 2.56. The van der Waals surface area contributed by atoms with Gasteiger partial charge in [-0.2, -0.15) is 0 Å². The van der Waals surface area contributed by atoms with Crippen molar-refractivity contribution >= 4 is 5.91 Å². The fourth-order valence-corrected chi connectivity index (χ4v) is 3.02. The normalized spacial score (nSPS) is 16.5. The summed E-state index contributed by atoms with van der Waals surface area (Å²) in [7, 11) is 0. The van der Waals surface area contributed by atoms with Crippen LogP contribution in [-0.4, -0.2) is 28.9 Å². The highest BCUT2D eigenvalue weighted by Gasteiger charge is 2.21. The Hall–Kier alpha value is -2.20. The third kappa shape index (κ3) is 3.52. The largest absolute Gasteiger partial charge is 0.366 e. The van der Waals surface area contributed by atoms with Crippen LogP contribution in [0.2, 0.25) is 0 Å². The topological polar surface area (TPSA) is 59.2 Å². The molecule has 22 heavy (non-hydrogen) atoms. The van der Waals surface area contributed by atoms with Crippen LogP contribution >= 0.6 is 0 Å². The second-order valence-corrected chi connectivity index (χ2v) is 5.87. The zero-order valence-electron chi connectivity index (χ0n) is 12.6. The summed E-state index contributed by atoms with van der Waals surface area (Å²) in [5.41, 5.74) is 8.16. The van der Waals surface area contributed by atoms with Crippen LogP contribution in [0.25, 0.3) is 0 Å². The minimum absolute atomic E-state index is 0.420. The summed E-state index contributed by atoms with van der Waals surface area (Å²) >= 11 is 0. The van der Waals surface area contributed by atoms with Crippen LogP contribution in [0.1, 0.15) is 40.4 Å².